The molecule has 0 saturated heterocycles. The monoisotopic (exact) mass is 269 g/mol. The van der Waals surface area contributed by atoms with Gasteiger partial charge in [-0.2, -0.15) is 4.37 Å². The Morgan fingerprint density at radius 3 is 2.68 bits per heavy atom. The molecule has 0 aliphatic rings. The third kappa shape index (κ3) is 2.69. The van der Waals surface area contributed by atoms with Crippen molar-refractivity contribution < 1.29 is 0 Å². The molecule has 0 saturated carbocycles. The first-order chi connectivity index (χ1) is 9.33. The van der Waals surface area contributed by atoms with Gasteiger partial charge in [0, 0.05) is 17.6 Å². The summed E-state index contributed by atoms with van der Waals surface area (Å²) in [5.41, 5.74) is 8.83. The molecule has 0 aliphatic heterocycles. The fraction of sp³-hybridized carbons (Fsp3) is 0.133. The van der Waals surface area contributed by atoms with E-state index in [4.69, 9.17) is 5.73 Å². The maximum Gasteiger partial charge on any atom is 0.117 e. The summed E-state index contributed by atoms with van der Waals surface area (Å²) in [5.74, 6) is 0. The van der Waals surface area contributed by atoms with E-state index in [9.17, 15) is 0 Å². The van der Waals surface area contributed by atoms with Crippen molar-refractivity contribution in [1.82, 2.24) is 4.37 Å². The van der Waals surface area contributed by atoms with Crippen molar-refractivity contribution in [1.29, 1.82) is 0 Å². The van der Waals surface area contributed by atoms with E-state index < -0.39 is 0 Å². The Morgan fingerprint density at radius 1 is 1.05 bits per heavy atom. The molecule has 0 aliphatic carbocycles. The van der Waals surface area contributed by atoms with Gasteiger partial charge in [0.15, 0.2) is 0 Å². The van der Waals surface area contributed by atoms with E-state index in [1.54, 1.807) is 0 Å². The molecule has 1 heterocycles. The van der Waals surface area contributed by atoms with E-state index in [1.807, 2.05) is 30.3 Å². The summed E-state index contributed by atoms with van der Waals surface area (Å²) in [6.45, 7) is 0.899. The van der Waals surface area contributed by atoms with E-state index in [2.05, 4.69) is 27.9 Å². The lowest BCUT2D eigenvalue weighted by Crippen LogP contribution is -2.03. The summed E-state index contributed by atoms with van der Waals surface area (Å²) in [4.78, 5) is 0. The molecule has 3 N–H and O–H groups in total. The molecule has 19 heavy (non-hydrogen) atoms. The van der Waals surface area contributed by atoms with Gasteiger partial charge in [-0.15, -0.1) is 0 Å². The van der Waals surface area contributed by atoms with Crippen LogP contribution in [0.4, 0.5) is 10.7 Å². The molecular weight excluding hydrogens is 254 g/mol. The number of aromatic nitrogens is 1. The van der Waals surface area contributed by atoms with Crippen molar-refractivity contribution in [3.05, 3.63) is 54.1 Å². The highest BCUT2D eigenvalue weighted by molar-refractivity contribution is 7.11. The van der Waals surface area contributed by atoms with Crippen molar-refractivity contribution in [3.8, 4) is 0 Å². The van der Waals surface area contributed by atoms with Gasteiger partial charge in [0.2, 0.25) is 0 Å². The summed E-state index contributed by atoms with van der Waals surface area (Å²) in [7, 11) is 0. The molecule has 96 valence electrons. The molecule has 3 nitrogen and oxygen atoms in total. The first-order valence-corrected chi connectivity index (χ1v) is 7.03. The zero-order chi connectivity index (χ0) is 13.1. The normalized spacial score (nSPS) is 10.7. The largest absolute Gasteiger partial charge is 0.399 e. The van der Waals surface area contributed by atoms with E-state index in [0.717, 1.165) is 29.2 Å². The number of benzene rings is 2. The van der Waals surface area contributed by atoms with Crippen LogP contribution in [-0.4, -0.2) is 10.9 Å². The number of hydrogen-bond donors (Lipinski definition) is 2. The first kappa shape index (κ1) is 12.0. The fourth-order valence-electron chi connectivity index (χ4n) is 2.02. The molecular formula is C15H15N3S. The molecule has 3 aromatic rings. The minimum atomic E-state index is 0.810. The van der Waals surface area contributed by atoms with Crippen LogP contribution < -0.4 is 11.1 Å². The summed E-state index contributed by atoms with van der Waals surface area (Å²) in [6.07, 6.45) is 0.979. The van der Waals surface area contributed by atoms with E-state index in [1.165, 1.54) is 22.5 Å². The van der Waals surface area contributed by atoms with Crippen LogP contribution in [0.15, 0.2) is 48.5 Å². The van der Waals surface area contributed by atoms with Gasteiger partial charge in [-0.05, 0) is 47.8 Å². The third-order valence-electron chi connectivity index (χ3n) is 3.06. The number of fused-ring (bicyclic) bond motifs is 1. The van der Waals surface area contributed by atoms with Crippen LogP contribution >= 0.6 is 11.5 Å². The summed E-state index contributed by atoms with van der Waals surface area (Å²) in [6, 6.07) is 16.2. The Morgan fingerprint density at radius 2 is 1.84 bits per heavy atom. The maximum atomic E-state index is 5.67. The Kier molecular flexibility index (Phi) is 3.33. The Hall–Kier alpha value is -2.07. The Bertz CT molecular complexity index is 673. The van der Waals surface area contributed by atoms with Gasteiger partial charge < -0.3 is 11.1 Å². The van der Waals surface area contributed by atoms with Crippen LogP contribution in [0.25, 0.3) is 10.9 Å². The molecule has 0 fully saturated rings. The molecule has 0 amide bonds. The highest BCUT2D eigenvalue weighted by atomic mass is 32.1. The molecule has 0 unspecified atom stereocenters. The van der Waals surface area contributed by atoms with Gasteiger partial charge in [-0.25, -0.2) is 0 Å². The topological polar surface area (TPSA) is 50.9 Å². The molecule has 2 aromatic carbocycles. The average molecular weight is 269 g/mol. The van der Waals surface area contributed by atoms with Crippen LogP contribution in [0.2, 0.25) is 0 Å². The lowest BCUT2D eigenvalue weighted by Gasteiger charge is -2.04. The minimum Gasteiger partial charge on any atom is -0.399 e. The molecule has 4 heteroatoms. The van der Waals surface area contributed by atoms with Crippen LogP contribution in [0.5, 0.6) is 0 Å². The highest BCUT2D eigenvalue weighted by Gasteiger charge is 2.03. The summed E-state index contributed by atoms with van der Waals surface area (Å²) < 4.78 is 4.42. The van der Waals surface area contributed by atoms with Gasteiger partial charge in [0.1, 0.15) is 5.00 Å². The number of rotatable bonds is 4. The highest BCUT2D eigenvalue weighted by Crippen LogP contribution is 2.27. The first-order valence-electron chi connectivity index (χ1n) is 6.25. The molecule has 3 rings (SSSR count). The number of nitrogen functional groups attached to an aromatic ring is 1. The second-order valence-corrected chi connectivity index (χ2v) is 5.22. The molecule has 0 atom stereocenters. The Labute approximate surface area is 116 Å². The quantitative estimate of drug-likeness (QED) is 0.712. The van der Waals surface area contributed by atoms with Crippen molar-refractivity contribution in [2.24, 2.45) is 0 Å². The molecule has 0 spiro atoms. The maximum absolute atomic E-state index is 5.67. The van der Waals surface area contributed by atoms with Gasteiger partial charge in [-0.3, -0.25) is 0 Å². The second-order valence-electron chi connectivity index (χ2n) is 4.45. The predicted molar refractivity (Wildman–Crippen MR) is 82.7 cm³/mol. The average Bonchev–Trinajstić information content (AvgIpc) is 2.85. The number of nitrogens with one attached hydrogen (secondary N) is 1. The smallest absolute Gasteiger partial charge is 0.117 e. The number of nitrogens with two attached hydrogens (primary N) is 1. The second kappa shape index (κ2) is 5.28. The lowest BCUT2D eigenvalue weighted by atomic mass is 10.1. The fourth-order valence-corrected chi connectivity index (χ4v) is 2.81. The third-order valence-corrected chi connectivity index (χ3v) is 3.90. The van der Waals surface area contributed by atoms with Crippen LogP contribution in [0.1, 0.15) is 5.56 Å². The molecule has 0 radical (unpaired) electrons. The van der Waals surface area contributed by atoms with Crippen LogP contribution in [0.3, 0.4) is 0 Å². The molecule has 1 aromatic heterocycles. The minimum absolute atomic E-state index is 0.810. The van der Waals surface area contributed by atoms with Gasteiger partial charge in [0.05, 0.1) is 5.52 Å². The zero-order valence-corrected chi connectivity index (χ0v) is 11.3. The number of anilines is 2. The van der Waals surface area contributed by atoms with Gasteiger partial charge in [0.25, 0.3) is 0 Å². The predicted octanol–water partition coefficient (Wildman–Crippen LogP) is 3.53. The van der Waals surface area contributed by atoms with Crippen LogP contribution in [-0.2, 0) is 6.42 Å². The summed E-state index contributed by atoms with van der Waals surface area (Å²) >= 11 is 1.52. The Balaban J connectivity index is 1.65. The standard InChI is InChI=1S/C15H15N3S/c16-12-7-5-11(6-8-12)9-10-17-15-13-3-1-2-4-14(13)18-19-15/h1-8,17H,9-10,16H2. The summed E-state index contributed by atoms with van der Waals surface area (Å²) in [5, 5.41) is 5.80. The molecule has 0 bridgehead atoms. The van der Waals surface area contributed by atoms with E-state index in [0.29, 0.717) is 0 Å². The van der Waals surface area contributed by atoms with Gasteiger partial charge in [-0.1, -0.05) is 24.3 Å². The number of hydrogen-bond acceptors (Lipinski definition) is 4. The van der Waals surface area contributed by atoms with Crippen molar-refractivity contribution in [3.63, 3.8) is 0 Å². The lowest BCUT2D eigenvalue weighted by molar-refractivity contribution is 1.03. The SMILES string of the molecule is Nc1ccc(CCNc2snc3ccccc23)cc1. The van der Waals surface area contributed by atoms with E-state index in [-0.39, 0.29) is 0 Å². The van der Waals surface area contributed by atoms with Crippen molar-refractivity contribution in [2.75, 3.05) is 17.6 Å². The van der Waals surface area contributed by atoms with E-state index >= 15 is 0 Å². The van der Waals surface area contributed by atoms with Crippen molar-refractivity contribution >= 4 is 33.1 Å². The van der Waals surface area contributed by atoms with Crippen molar-refractivity contribution in [2.45, 2.75) is 6.42 Å². The number of nitrogens with zero attached hydrogens (tertiary/aromatic N) is 1. The zero-order valence-electron chi connectivity index (χ0n) is 10.5. The van der Waals surface area contributed by atoms with Gasteiger partial charge >= 0.3 is 0 Å². The van der Waals surface area contributed by atoms with Crippen LogP contribution in [0, 0.1) is 0 Å².